The molecule has 3 aromatic rings. The molecule has 26 heavy (non-hydrogen) atoms. The van der Waals surface area contributed by atoms with Gasteiger partial charge in [-0.05, 0) is 37.1 Å². The highest BCUT2D eigenvalue weighted by Gasteiger charge is 2.36. The van der Waals surface area contributed by atoms with Crippen molar-refractivity contribution in [2.75, 3.05) is 12.3 Å². The number of nitrogen functional groups attached to an aromatic ring is 1. The van der Waals surface area contributed by atoms with Crippen molar-refractivity contribution < 1.29 is 17.6 Å². The van der Waals surface area contributed by atoms with E-state index in [1.807, 2.05) is 6.07 Å². The van der Waals surface area contributed by atoms with Gasteiger partial charge in [0.25, 0.3) is 0 Å². The number of nitrogens with two attached hydrogens (primary N) is 1. The number of aromatic nitrogens is 2. The Balaban J connectivity index is 1.78. The molecule has 0 fully saturated rings. The monoisotopic (exact) mass is 362 g/mol. The predicted molar refractivity (Wildman–Crippen MR) is 91.3 cm³/mol. The van der Waals surface area contributed by atoms with E-state index in [0.717, 1.165) is 11.1 Å². The molecule has 2 N–H and O–H groups in total. The van der Waals surface area contributed by atoms with Gasteiger partial charge in [0.1, 0.15) is 11.2 Å². The van der Waals surface area contributed by atoms with E-state index in [2.05, 4.69) is 9.97 Å². The van der Waals surface area contributed by atoms with Crippen molar-refractivity contribution in [3.8, 4) is 11.6 Å². The van der Waals surface area contributed by atoms with Gasteiger partial charge in [0, 0.05) is 24.3 Å². The van der Waals surface area contributed by atoms with Crippen molar-refractivity contribution in [2.45, 2.75) is 32.1 Å². The van der Waals surface area contributed by atoms with Crippen LogP contribution in [0.5, 0.6) is 0 Å². The van der Waals surface area contributed by atoms with Crippen LogP contribution in [0.3, 0.4) is 0 Å². The van der Waals surface area contributed by atoms with Crippen LogP contribution in [0.25, 0.3) is 22.7 Å². The Bertz CT molecular complexity index is 952. The Labute approximate surface area is 147 Å². The number of anilines is 1. The second-order valence-electron chi connectivity index (χ2n) is 6.59. The van der Waals surface area contributed by atoms with Gasteiger partial charge in [0.2, 0.25) is 5.89 Å². The molecule has 0 aliphatic carbocycles. The number of rotatable bonds is 2. The highest BCUT2D eigenvalue weighted by atomic mass is 19.4. The number of fused-ring (bicyclic) bond motifs is 3. The van der Waals surface area contributed by atoms with Gasteiger partial charge in [0.15, 0.2) is 5.58 Å². The standard InChI is InChI=1S/C18H17F3N4O/c1-10-6-12-11(8-25(10)9-18(19,20)21)7-13(22)15-16(12)26-17(24-15)14-4-2-3-5-23-14/h2-5,7,10H,6,8-9,22H2,1H3. The molecule has 1 aliphatic heterocycles. The number of alkyl halides is 3. The quantitative estimate of drug-likeness (QED) is 0.703. The normalized spacial score (nSPS) is 18.2. The fourth-order valence-corrected chi connectivity index (χ4v) is 3.41. The predicted octanol–water partition coefficient (Wildman–Crippen LogP) is 3.78. The topological polar surface area (TPSA) is 68.2 Å². The molecule has 136 valence electrons. The fraction of sp³-hybridized carbons (Fsp3) is 0.333. The molecule has 4 rings (SSSR count). The molecular weight excluding hydrogens is 345 g/mol. The number of hydrogen-bond donors (Lipinski definition) is 1. The third-order valence-corrected chi connectivity index (χ3v) is 4.65. The van der Waals surface area contributed by atoms with Gasteiger partial charge in [0.05, 0.1) is 12.2 Å². The summed E-state index contributed by atoms with van der Waals surface area (Å²) in [6, 6.07) is 6.84. The number of nitrogens with zero attached hydrogens (tertiary/aromatic N) is 3. The smallest absolute Gasteiger partial charge is 0.401 e. The molecule has 8 heteroatoms. The zero-order chi connectivity index (χ0) is 18.5. The minimum Gasteiger partial charge on any atom is -0.434 e. The maximum Gasteiger partial charge on any atom is 0.401 e. The lowest BCUT2D eigenvalue weighted by molar-refractivity contribution is -0.152. The lowest BCUT2D eigenvalue weighted by atomic mass is 9.93. The van der Waals surface area contributed by atoms with Crippen LogP contribution in [0.4, 0.5) is 18.9 Å². The summed E-state index contributed by atoms with van der Waals surface area (Å²) in [4.78, 5) is 10.1. The molecular formula is C18H17F3N4O. The number of halogens is 3. The van der Waals surface area contributed by atoms with E-state index >= 15 is 0 Å². The third kappa shape index (κ3) is 3.01. The summed E-state index contributed by atoms with van der Waals surface area (Å²) in [5.41, 5.74) is 9.76. The second-order valence-corrected chi connectivity index (χ2v) is 6.59. The highest BCUT2D eigenvalue weighted by molar-refractivity contribution is 5.90. The number of pyridine rings is 1. The lowest BCUT2D eigenvalue weighted by Gasteiger charge is -2.35. The molecule has 1 aromatic carbocycles. The van der Waals surface area contributed by atoms with Gasteiger partial charge in [-0.3, -0.25) is 9.88 Å². The maximum atomic E-state index is 12.8. The van der Waals surface area contributed by atoms with Crippen molar-refractivity contribution in [3.63, 3.8) is 0 Å². The van der Waals surface area contributed by atoms with Crippen molar-refractivity contribution in [3.05, 3.63) is 41.6 Å². The highest BCUT2D eigenvalue weighted by Crippen LogP contribution is 2.36. The zero-order valence-corrected chi connectivity index (χ0v) is 14.0. The van der Waals surface area contributed by atoms with Crippen LogP contribution < -0.4 is 5.73 Å². The van der Waals surface area contributed by atoms with E-state index in [0.29, 0.717) is 34.8 Å². The van der Waals surface area contributed by atoms with E-state index < -0.39 is 12.7 Å². The van der Waals surface area contributed by atoms with E-state index in [1.165, 1.54) is 4.90 Å². The average molecular weight is 362 g/mol. The van der Waals surface area contributed by atoms with Gasteiger partial charge in [-0.25, -0.2) is 4.98 Å². The number of hydrogen-bond acceptors (Lipinski definition) is 5. The molecule has 0 radical (unpaired) electrons. The van der Waals surface area contributed by atoms with E-state index in [-0.39, 0.29) is 12.6 Å². The summed E-state index contributed by atoms with van der Waals surface area (Å²) in [6.45, 7) is 1.02. The van der Waals surface area contributed by atoms with Crippen molar-refractivity contribution >= 4 is 16.8 Å². The molecule has 0 bridgehead atoms. The molecule has 5 nitrogen and oxygen atoms in total. The summed E-state index contributed by atoms with van der Waals surface area (Å²) in [5, 5.41) is 0. The second kappa shape index (κ2) is 5.98. The van der Waals surface area contributed by atoms with E-state index in [4.69, 9.17) is 10.2 Å². The molecule has 2 aromatic heterocycles. The first-order valence-corrected chi connectivity index (χ1v) is 8.25. The van der Waals surface area contributed by atoms with Crippen LogP contribution in [0, 0.1) is 0 Å². The number of benzene rings is 1. The van der Waals surface area contributed by atoms with Crippen LogP contribution in [0.1, 0.15) is 18.1 Å². The summed E-state index contributed by atoms with van der Waals surface area (Å²) in [7, 11) is 0. The molecule has 3 heterocycles. The van der Waals surface area contributed by atoms with Gasteiger partial charge >= 0.3 is 6.18 Å². The Morgan fingerprint density at radius 3 is 2.85 bits per heavy atom. The van der Waals surface area contributed by atoms with Crippen molar-refractivity contribution in [1.29, 1.82) is 0 Å². The molecule has 1 atom stereocenters. The summed E-state index contributed by atoms with van der Waals surface area (Å²) < 4.78 is 44.4. The Kier molecular flexibility index (Phi) is 3.87. The Morgan fingerprint density at radius 1 is 1.35 bits per heavy atom. The SMILES string of the molecule is CC1Cc2c(cc(N)c3nc(-c4ccccn4)oc23)CN1CC(F)(F)F. The third-order valence-electron chi connectivity index (χ3n) is 4.65. The first kappa shape index (κ1) is 16.8. The summed E-state index contributed by atoms with van der Waals surface area (Å²) in [6.07, 6.45) is -2.15. The first-order valence-electron chi connectivity index (χ1n) is 8.25. The molecule has 0 saturated carbocycles. The molecule has 0 spiro atoms. The molecule has 0 amide bonds. The van der Waals surface area contributed by atoms with Gasteiger partial charge < -0.3 is 10.2 Å². The van der Waals surface area contributed by atoms with Gasteiger partial charge in [-0.15, -0.1) is 0 Å². The molecule has 1 aliphatic rings. The molecule has 1 unspecified atom stereocenters. The molecule has 0 saturated heterocycles. The van der Waals surface area contributed by atoms with E-state index in [9.17, 15) is 13.2 Å². The lowest BCUT2D eigenvalue weighted by Crippen LogP contribution is -2.43. The van der Waals surface area contributed by atoms with Crippen LogP contribution in [-0.2, 0) is 13.0 Å². The van der Waals surface area contributed by atoms with Crippen LogP contribution in [0.15, 0.2) is 34.9 Å². The largest absolute Gasteiger partial charge is 0.434 e. The minimum atomic E-state index is -4.24. The first-order chi connectivity index (χ1) is 12.3. The Hall–Kier alpha value is -2.61. The average Bonchev–Trinajstić information content (AvgIpc) is 3.02. The minimum absolute atomic E-state index is 0.176. The van der Waals surface area contributed by atoms with E-state index in [1.54, 1.807) is 31.3 Å². The summed E-state index contributed by atoms with van der Waals surface area (Å²) >= 11 is 0. The van der Waals surface area contributed by atoms with Gasteiger partial charge in [-0.2, -0.15) is 13.2 Å². The zero-order valence-electron chi connectivity index (χ0n) is 14.0. The van der Waals surface area contributed by atoms with Crippen molar-refractivity contribution in [2.24, 2.45) is 0 Å². The Morgan fingerprint density at radius 2 is 2.15 bits per heavy atom. The number of oxazole rings is 1. The van der Waals surface area contributed by atoms with Crippen LogP contribution in [-0.4, -0.2) is 33.6 Å². The summed E-state index contributed by atoms with van der Waals surface area (Å²) in [5.74, 6) is 0.353. The fourth-order valence-electron chi connectivity index (χ4n) is 3.41. The van der Waals surface area contributed by atoms with Gasteiger partial charge in [-0.1, -0.05) is 6.07 Å². The van der Waals surface area contributed by atoms with Crippen LogP contribution >= 0.6 is 0 Å². The van der Waals surface area contributed by atoms with Crippen molar-refractivity contribution in [1.82, 2.24) is 14.9 Å². The van der Waals surface area contributed by atoms with Crippen LogP contribution in [0.2, 0.25) is 0 Å². The maximum absolute atomic E-state index is 12.8.